The minimum absolute atomic E-state index is 0.169. The first-order valence-corrected chi connectivity index (χ1v) is 9.18. The molecule has 0 bridgehead atoms. The third-order valence-corrected chi connectivity index (χ3v) is 4.28. The second kappa shape index (κ2) is 8.03. The molecule has 11 nitrogen and oxygen atoms in total. The van der Waals surface area contributed by atoms with Crippen LogP contribution in [-0.4, -0.2) is 47.8 Å². The lowest BCUT2D eigenvalue weighted by Gasteiger charge is -2.09. The molecule has 0 aliphatic rings. The van der Waals surface area contributed by atoms with Crippen molar-refractivity contribution in [2.45, 2.75) is 13.8 Å². The average Bonchev–Trinajstić information content (AvgIpc) is 3.37. The van der Waals surface area contributed by atoms with Crippen molar-refractivity contribution in [2.75, 3.05) is 11.9 Å². The predicted molar refractivity (Wildman–Crippen MR) is 107 cm³/mol. The van der Waals surface area contributed by atoms with Gasteiger partial charge in [0.2, 0.25) is 0 Å². The summed E-state index contributed by atoms with van der Waals surface area (Å²) in [5.41, 5.74) is 2.32. The van der Waals surface area contributed by atoms with Crippen LogP contribution >= 0.6 is 0 Å². The van der Waals surface area contributed by atoms with Crippen molar-refractivity contribution in [3.05, 3.63) is 65.4 Å². The fraction of sp³-hybridized carbons (Fsp3) is 0.150. The van der Waals surface area contributed by atoms with Gasteiger partial charge in [-0.3, -0.25) is 4.79 Å². The van der Waals surface area contributed by atoms with Crippen molar-refractivity contribution in [2.24, 2.45) is 0 Å². The van der Waals surface area contributed by atoms with E-state index in [9.17, 15) is 14.9 Å². The summed E-state index contributed by atoms with van der Waals surface area (Å²) >= 11 is 0. The zero-order valence-electron chi connectivity index (χ0n) is 16.6. The Hall–Kier alpha value is -4.59. The Morgan fingerprint density at radius 2 is 1.97 bits per heavy atom. The van der Waals surface area contributed by atoms with E-state index >= 15 is 0 Å². The van der Waals surface area contributed by atoms with E-state index in [2.05, 4.69) is 25.5 Å². The van der Waals surface area contributed by atoms with Gasteiger partial charge in [-0.05, 0) is 32.0 Å². The zero-order chi connectivity index (χ0) is 22.0. The lowest BCUT2D eigenvalue weighted by molar-refractivity contribution is -0.119. The van der Waals surface area contributed by atoms with E-state index in [4.69, 9.17) is 4.74 Å². The molecule has 0 spiro atoms. The quantitative estimate of drug-likeness (QED) is 0.484. The Labute approximate surface area is 175 Å². The maximum absolute atomic E-state index is 12.4. The number of rotatable bonds is 5. The first kappa shape index (κ1) is 19.7. The molecule has 0 saturated carbocycles. The van der Waals surface area contributed by atoms with Gasteiger partial charge in [0.1, 0.15) is 11.6 Å². The number of hydrogen-bond donors (Lipinski definition) is 1. The summed E-state index contributed by atoms with van der Waals surface area (Å²) in [6, 6.07) is 12.8. The summed E-state index contributed by atoms with van der Waals surface area (Å²) < 4.78 is 7.86. The summed E-state index contributed by atoms with van der Waals surface area (Å²) in [7, 11) is 0. The fourth-order valence-electron chi connectivity index (χ4n) is 2.93. The van der Waals surface area contributed by atoms with Gasteiger partial charge in [0.15, 0.2) is 12.4 Å². The molecule has 0 saturated heterocycles. The molecule has 0 radical (unpaired) electrons. The highest BCUT2D eigenvalue weighted by Gasteiger charge is 2.20. The van der Waals surface area contributed by atoms with Crippen LogP contribution in [0.15, 0.2) is 42.6 Å². The largest absolute Gasteiger partial charge is 0.450 e. The van der Waals surface area contributed by atoms with E-state index in [-0.39, 0.29) is 23.0 Å². The number of nitrogens with zero attached hydrogens (tertiary/aromatic N) is 7. The fourth-order valence-corrected chi connectivity index (χ4v) is 2.93. The molecule has 4 aromatic rings. The van der Waals surface area contributed by atoms with E-state index in [1.807, 2.05) is 19.1 Å². The molecule has 3 heterocycles. The molecular formula is C20H16N8O3. The average molecular weight is 416 g/mol. The number of esters is 1. The van der Waals surface area contributed by atoms with Crippen molar-refractivity contribution in [3.63, 3.8) is 0 Å². The Kier molecular flexibility index (Phi) is 5.11. The van der Waals surface area contributed by atoms with E-state index in [0.29, 0.717) is 5.69 Å². The Bertz CT molecular complexity index is 1330. The van der Waals surface area contributed by atoms with Crippen molar-refractivity contribution in [3.8, 4) is 11.8 Å². The van der Waals surface area contributed by atoms with E-state index in [1.54, 1.807) is 37.3 Å². The SMILES string of the molecule is Cc1cc(C)n2nc(C(=O)OCC(=O)Nc3c(C#N)cnn3-c3ccccc3)nc2n1. The van der Waals surface area contributed by atoms with E-state index in [1.165, 1.54) is 15.4 Å². The molecule has 3 aromatic heterocycles. The number of para-hydroxylation sites is 1. The van der Waals surface area contributed by atoms with Crippen LogP contribution in [0.1, 0.15) is 27.6 Å². The maximum atomic E-state index is 12.4. The molecule has 1 amide bonds. The van der Waals surface area contributed by atoms with Crippen molar-refractivity contribution < 1.29 is 14.3 Å². The van der Waals surface area contributed by atoms with Gasteiger partial charge in [0, 0.05) is 11.4 Å². The van der Waals surface area contributed by atoms with Crippen molar-refractivity contribution in [1.82, 2.24) is 29.4 Å². The van der Waals surface area contributed by atoms with Crippen molar-refractivity contribution >= 4 is 23.5 Å². The lowest BCUT2D eigenvalue weighted by atomic mass is 10.3. The third kappa shape index (κ3) is 3.95. The molecule has 0 unspecified atom stereocenters. The summed E-state index contributed by atoms with van der Waals surface area (Å²) in [5.74, 6) is -1.28. The molecule has 154 valence electrons. The highest BCUT2D eigenvalue weighted by atomic mass is 16.5. The molecule has 31 heavy (non-hydrogen) atoms. The highest BCUT2D eigenvalue weighted by molar-refractivity contribution is 5.95. The van der Waals surface area contributed by atoms with Crippen LogP contribution in [0.4, 0.5) is 5.82 Å². The molecule has 0 fully saturated rings. The number of fused-ring (bicyclic) bond motifs is 1. The monoisotopic (exact) mass is 416 g/mol. The lowest BCUT2D eigenvalue weighted by Crippen LogP contribution is -2.23. The molecule has 4 rings (SSSR count). The number of hydrogen-bond acceptors (Lipinski definition) is 8. The topological polar surface area (TPSA) is 140 Å². The van der Waals surface area contributed by atoms with Crippen LogP contribution in [0.25, 0.3) is 11.5 Å². The Balaban J connectivity index is 1.47. The molecule has 11 heteroatoms. The van der Waals surface area contributed by atoms with Crippen LogP contribution in [-0.2, 0) is 9.53 Å². The van der Waals surface area contributed by atoms with Gasteiger partial charge < -0.3 is 10.1 Å². The molecule has 0 aliphatic heterocycles. The zero-order valence-corrected chi connectivity index (χ0v) is 16.6. The molecular weight excluding hydrogens is 400 g/mol. The summed E-state index contributed by atoms with van der Waals surface area (Å²) in [6.45, 7) is 3.02. The smallest absolute Gasteiger partial charge is 0.378 e. The summed E-state index contributed by atoms with van der Waals surface area (Å²) in [6.07, 6.45) is 1.34. The third-order valence-electron chi connectivity index (χ3n) is 4.28. The number of carbonyl (C=O) groups is 2. The van der Waals surface area contributed by atoms with Crippen molar-refractivity contribution in [1.29, 1.82) is 5.26 Å². The number of ether oxygens (including phenoxy) is 1. The Morgan fingerprint density at radius 1 is 1.19 bits per heavy atom. The minimum atomic E-state index is -0.866. The van der Waals surface area contributed by atoms with Crippen LogP contribution in [0.5, 0.6) is 0 Å². The van der Waals surface area contributed by atoms with E-state index in [0.717, 1.165) is 11.4 Å². The number of carbonyl (C=O) groups excluding carboxylic acids is 2. The van der Waals surface area contributed by atoms with Gasteiger partial charge >= 0.3 is 5.97 Å². The van der Waals surface area contributed by atoms with Gasteiger partial charge in [-0.1, -0.05) is 18.2 Å². The standard InChI is InChI=1S/C20H16N8O3/c1-12-8-13(2)27-20(23-12)25-17(26-27)19(30)31-11-16(29)24-18-14(9-21)10-22-28(18)15-6-4-3-5-7-15/h3-8,10H,11H2,1-2H3,(H,24,29). The highest BCUT2D eigenvalue weighted by Crippen LogP contribution is 2.19. The van der Waals surface area contributed by atoms with Gasteiger partial charge in [0.25, 0.3) is 17.5 Å². The van der Waals surface area contributed by atoms with Crippen LogP contribution < -0.4 is 5.32 Å². The number of benzene rings is 1. The first-order valence-electron chi connectivity index (χ1n) is 9.18. The van der Waals surface area contributed by atoms with Crippen LogP contribution in [0.3, 0.4) is 0 Å². The Morgan fingerprint density at radius 3 is 2.71 bits per heavy atom. The number of aryl methyl sites for hydroxylation is 2. The first-order chi connectivity index (χ1) is 15.0. The molecule has 0 aliphatic carbocycles. The van der Waals surface area contributed by atoms with Crippen LogP contribution in [0, 0.1) is 25.2 Å². The molecule has 1 N–H and O–H groups in total. The van der Waals surface area contributed by atoms with Gasteiger partial charge in [0.05, 0.1) is 11.9 Å². The van der Waals surface area contributed by atoms with Gasteiger partial charge in [-0.15, -0.1) is 5.10 Å². The normalized spacial score (nSPS) is 10.6. The number of anilines is 1. The van der Waals surface area contributed by atoms with Crippen LogP contribution in [0.2, 0.25) is 0 Å². The predicted octanol–water partition coefficient (Wildman–Crippen LogP) is 1.59. The number of aromatic nitrogens is 6. The second-order valence-electron chi connectivity index (χ2n) is 6.58. The maximum Gasteiger partial charge on any atom is 0.378 e. The minimum Gasteiger partial charge on any atom is -0.450 e. The molecule has 0 atom stereocenters. The number of amides is 1. The summed E-state index contributed by atoms with van der Waals surface area (Å²) in [4.78, 5) is 32.9. The summed E-state index contributed by atoms with van der Waals surface area (Å²) in [5, 5.41) is 20.1. The number of nitriles is 1. The number of nitrogens with one attached hydrogen (secondary N) is 1. The molecule has 1 aromatic carbocycles. The second-order valence-corrected chi connectivity index (χ2v) is 6.58. The van der Waals surface area contributed by atoms with Gasteiger partial charge in [-0.2, -0.15) is 15.3 Å². The van der Waals surface area contributed by atoms with E-state index < -0.39 is 18.5 Å². The van der Waals surface area contributed by atoms with Gasteiger partial charge in [-0.25, -0.2) is 19.0 Å².